The highest BCUT2D eigenvalue weighted by Crippen LogP contribution is 2.48. The highest BCUT2D eigenvalue weighted by atomic mass is 19.1. The van der Waals surface area contributed by atoms with Crippen LogP contribution in [-0.2, 0) is 16.6 Å². The number of anilines is 1. The van der Waals surface area contributed by atoms with E-state index in [2.05, 4.69) is 37.4 Å². The largest absolute Gasteiger partial charge is 0.462 e. The van der Waals surface area contributed by atoms with Gasteiger partial charge in [-0.2, -0.15) is 0 Å². The van der Waals surface area contributed by atoms with Crippen LogP contribution in [0, 0.1) is 29.1 Å². The van der Waals surface area contributed by atoms with Gasteiger partial charge in [0.05, 0.1) is 12.6 Å². The van der Waals surface area contributed by atoms with Crippen LogP contribution in [0.4, 0.5) is 10.1 Å². The second-order valence-corrected chi connectivity index (χ2v) is 10.3. The molecule has 0 saturated carbocycles. The van der Waals surface area contributed by atoms with Crippen molar-refractivity contribution in [3.8, 4) is 6.07 Å². The second-order valence-electron chi connectivity index (χ2n) is 10.3. The van der Waals surface area contributed by atoms with Gasteiger partial charge in [-0.25, -0.2) is 14.5 Å². The summed E-state index contributed by atoms with van der Waals surface area (Å²) in [5.41, 5.74) is 4.14. The van der Waals surface area contributed by atoms with Gasteiger partial charge in [-0.05, 0) is 72.1 Å². The molecule has 0 bridgehead atoms. The van der Waals surface area contributed by atoms with Gasteiger partial charge in [0, 0.05) is 29.9 Å². The first kappa shape index (κ1) is 21.9. The highest BCUT2D eigenvalue weighted by Gasteiger charge is 2.40. The molecule has 0 radical (unpaired) electrons. The first-order valence-corrected chi connectivity index (χ1v) is 10.9. The van der Waals surface area contributed by atoms with Crippen LogP contribution in [0.25, 0.3) is 10.9 Å². The van der Waals surface area contributed by atoms with Crippen LogP contribution in [0.5, 0.6) is 0 Å². The molecule has 3 aliphatic heterocycles. The molecule has 32 heavy (non-hydrogen) atoms. The molecule has 0 spiro atoms. The van der Waals surface area contributed by atoms with E-state index in [1.807, 2.05) is 12.1 Å². The maximum Gasteiger partial charge on any atom is 0.269 e. The van der Waals surface area contributed by atoms with E-state index < -0.39 is 0 Å². The molecule has 164 valence electrons. The quantitative estimate of drug-likeness (QED) is 0.402. The minimum absolute atomic E-state index is 0.00649. The summed E-state index contributed by atoms with van der Waals surface area (Å²) >= 11 is 0. The number of rotatable bonds is 2. The van der Waals surface area contributed by atoms with E-state index in [1.165, 1.54) is 5.56 Å². The lowest BCUT2D eigenvalue weighted by Gasteiger charge is -2.48. The van der Waals surface area contributed by atoms with Crippen molar-refractivity contribution in [3.63, 3.8) is 0 Å². The minimum atomic E-state index is -0.172. The molecule has 1 aromatic rings. The van der Waals surface area contributed by atoms with Crippen molar-refractivity contribution in [1.29, 1.82) is 5.26 Å². The fraction of sp³-hybridized carbons (Fsp3) is 0.407. The third-order valence-corrected chi connectivity index (χ3v) is 6.54. The maximum atomic E-state index is 15.8. The van der Waals surface area contributed by atoms with Crippen LogP contribution in [-0.4, -0.2) is 13.1 Å². The predicted octanol–water partition coefficient (Wildman–Crippen LogP) is 6.42. The number of hydrogen-bond acceptors (Lipinski definition) is 3. The van der Waals surface area contributed by atoms with E-state index in [0.717, 1.165) is 30.8 Å². The van der Waals surface area contributed by atoms with Crippen molar-refractivity contribution >= 4 is 11.8 Å². The van der Waals surface area contributed by atoms with Gasteiger partial charge in [0.25, 0.3) is 5.70 Å². The Morgan fingerprint density at radius 1 is 1.28 bits per heavy atom. The van der Waals surface area contributed by atoms with E-state index in [9.17, 15) is 5.26 Å². The molecule has 4 rings (SSSR count). The standard InChI is InChI=1S/C27H28FN3O/c1-17-11-19(23(15-29)30-6)12-20(32-17)8-7-18-13-22-25-21(24(18)28)14-26(2,3)16-31(25)10-9-27(22,4)5/h7-8,11-13H,9-10,14,16H2,1-5H3/b8-7+,23-19+. The van der Waals surface area contributed by atoms with Gasteiger partial charge in [0.15, 0.2) is 0 Å². The van der Waals surface area contributed by atoms with E-state index in [-0.39, 0.29) is 22.3 Å². The van der Waals surface area contributed by atoms with Crippen LogP contribution >= 0.6 is 0 Å². The van der Waals surface area contributed by atoms with E-state index in [1.54, 1.807) is 31.2 Å². The SMILES string of the molecule is [C-]#[N+]/C(C#N)=C1\C=C(C)OC(/C=C/c2cc3c4c(c2F)CC(C)(C)CN4CCC3(C)C)=C1. The molecule has 0 atom stereocenters. The molecule has 0 fully saturated rings. The molecule has 0 N–H and O–H groups in total. The van der Waals surface area contributed by atoms with Gasteiger partial charge in [0.1, 0.15) is 17.3 Å². The normalized spacial score (nSPS) is 22.2. The van der Waals surface area contributed by atoms with E-state index in [0.29, 0.717) is 29.1 Å². The van der Waals surface area contributed by atoms with Gasteiger partial charge in [0.2, 0.25) is 0 Å². The molecule has 5 heteroatoms. The first-order chi connectivity index (χ1) is 15.0. The van der Waals surface area contributed by atoms with E-state index in [4.69, 9.17) is 11.3 Å². The Labute approximate surface area is 189 Å². The summed E-state index contributed by atoms with van der Waals surface area (Å²) in [6, 6.07) is 3.90. The van der Waals surface area contributed by atoms with Gasteiger partial charge in [-0.1, -0.05) is 27.7 Å². The summed E-state index contributed by atoms with van der Waals surface area (Å²) in [4.78, 5) is 5.64. The Morgan fingerprint density at radius 3 is 2.72 bits per heavy atom. The molecule has 0 aliphatic carbocycles. The topological polar surface area (TPSA) is 40.6 Å². The fourth-order valence-corrected chi connectivity index (χ4v) is 4.96. The lowest BCUT2D eigenvalue weighted by atomic mass is 9.71. The summed E-state index contributed by atoms with van der Waals surface area (Å²) in [7, 11) is 0. The monoisotopic (exact) mass is 429 g/mol. The highest BCUT2D eigenvalue weighted by molar-refractivity contribution is 5.71. The lowest BCUT2D eigenvalue weighted by Crippen LogP contribution is -2.47. The molecule has 3 aliphatic rings. The second kappa shape index (κ2) is 7.68. The van der Waals surface area contributed by atoms with Crippen LogP contribution < -0.4 is 4.90 Å². The summed E-state index contributed by atoms with van der Waals surface area (Å²) < 4.78 is 21.5. The average Bonchev–Trinajstić information content (AvgIpc) is 2.71. The molecule has 0 aromatic heterocycles. The van der Waals surface area contributed by atoms with Crippen molar-refractivity contribution < 1.29 is 9.13 Å². The van der Waals surface area contributed by atoms with E-state index >= 15 is 4.39 Å². The zero-order valence-electron chi connectivity index (χ0n) is 19.3. The first-order valence-electron chi connectivity index (χ1n) is 10.9. The lowest BCUT2D eigenvalue weighted by molar-refractivity contribution is 0.318. The molecule has 3 heterocycles. The molecule has 0 amide bonds. The molecule has 0 unspecified atom stereocenters. The zero-order valence-corrected chi connectivity index (χ0v) is 19.3. The fourth-order valence-electron chi connectivity index (χ4n) is 4.96. The van der Waals surface area contributed by atoms with Gasteiger partial charge in [-0.3, -0.25) is 0 Å². The van der Waals surface area contributed by atoms with Crippen LogP contribution in [0.3, 0.4) is 0 Å². The third-order valence-electron chi connectivity index (χ3n) is 6.54. The average molecular weight is 430 g/mol. The number of hydrogen-bond donors (Lipinski definition) is 0. The minimum Gasteiger partial charge on any atom is -0.462 e. The number of allylic oxidation sites excluding steroid dienone is 6. The van der Waals surface area contributed by atoms with Crippen molar-refractivity contribution in [3.05, 3.63) is 81.0 Å². The molecule has 4 nitrogen and oxygen atoms in total. The Kier molecular flexibility index (Phi) is 5.25. The zero-order chi connectivity index (χ0) is 23.3. The summed E-state index contributed by atoms with van der Waals surface area (Å²) in [5.74, 6) is 0.884. The van der Waals surface area contributed by atoms with Gasteiger partial charge in [-0.15, -0.1) is 0 Å². The predicted molar refractivity (Wildman–Crippen MR) is 125 cm³/mol. The van der Waals surface area contributed by atoms with Crippen LogP contribution in [0.2, 0.25) is 0 Å². The van der Waals surface area contributed by atoms with Crippen molar-refractivity contribution in [1.82, 2.24) is 0 Å². The number of halogens is 1. The Bertz CT molecular complexity index is 1180. The number of benzene rings is 1. The van der Waals surface area contributed by atoms with Crippen molar-refractivity contribution in [2.75, 3.05) is 18.0 Å². The molecule has 1 aromatic carbocycles. The van der Waals surface area contributed by atoms with Gasteiger partial charge < -0.3 is 9.64 Å². The van der Waals surface area contributed by atoms with Crippen molar-refractivity contribution in [2.24, 2.45) is 5.41 Å². The third kappa shape index (κ3) is 3.84. The smallest absolute Gasteiger partial charge is 0.269 e. The Hall–Kier alpha value is -3.31. The molecular weight excluding hydrogens is 401 g/mol. The van der Waals surface area contributed by atoms with Gasteiger partial charge >= 0.3 is 0 Å². The molecule has 0 saturated heterocycles. The number of nitrogens with zero attached hydrogens (tertiary/aromatic N) is 3. The van der Waals surface area contributed by atoms with Crippen LogP contribution in [0.1, 0.15) is 57.7 Å². The summed E-state index contributed by atoms with van der Waals surface area (Å²) in [5, 5.41) is 9.19. The number of nitriles is 1. The Morgan fingerprint density at radius 2 is 2.03 bits per heavy atom. The van der Waals surface area contributed by atoms with Crippen molar-refractivity contribution in [2.45, 2.75) is 52.9 Å². The van der Waals surface area contributed by atoms with Crippen LogP contribution in [0.15, 0.2) is 47.1 Å². The Balaban J connectivity index is 1.80. The maximum absolute atomic E-state index is 15.8. The summed E-state index contributed by atoms with van der Waals surface area (Å²) in [6.07, 6.45) is 8.51. The molecular formula is C27H28FN3O. The summed E-state index contributed by atoms with van der Waals surface area (Å²) in [6.45, 7) is 19.7. The number of ether oxygens (including phenoxy) is 1.